The van der Waals surface area contributed by atoms with Crippen LogP contribution in [-0.2, 0) is 13.0 Å². The number of nitrogens with zero attached hydrogens (tertiary/aromatic N) is 2. The van der Waals surface area contributed by atoms with Crippen LogP contribution in [0.4, 0.5) is 0 Å². The fourth-order valence-electron chi connectivity index (χ4n) is 2.83. The van der Waals surface area contributed by atoms with E-state index >= 15 is 0 Å². The molecule has 3 rings (SSSR count). The molecule has 0 amide bonds. The van der Waals surface area contributed by atoms with Gasteiger partial charge in [0.15, 0.2) is 0 Å². The number of thiocarbonyl (C=S) groups is 1. The lowest BCUT2D eigenvalue weighted by Gasteiger charge is -2.10. The van der Waals surface area contributed by atoms with E-state index in [0.29, 0.717) is 4.99 Å². The third-order valence-electron chi connectivity index (χ3n) is 4.34. The molecule has 0 atom stereocenters. The van der Waals surface area contributed by atoms with Gasteiger partial charge in [-0.2, -0.15) is 0 Å². The minimum absolute atomic E-state index is 0.435. The second-order valence-corrected chi connectivity index (χ2v) is 6.39. The SMILES string of the molecule is CCc1nc2cc(C)c(C)cc2n1Cc1ccc(C(N)=S)cc1. The van der Waals surface area contributed by atoms with Crippen molar-refractivity contribution in [2.24, 2.45) is 5.73 Å². The Morgan fingerprint density at radius 1 is 1.13 bits per heavy atom. The third-order valence-corrected chi connectivity index (χ3v) is 4.57. The average Bonchev–Trinajstić information content (AvgIpc) is 2.85. The summed E-state index contributed by atoms with van der Waals surface area (Å²) in [5, 5.41) is 0. The lowest BCUT2D eigenvalue weighted by atomic mass is 10.1. The molecule has 3 nitrogen and oxygen atoms in total. The highest BCUT2D eigenvalue weighted by atomic mass is 32.1. The Morgan fingerprint density at radius 3 is 2.39 bits per heavy atom. The molecule has 23 heavy (non-hydrogen) atoms. The molecule has 0 aliphatic carbocycles. The number of benzene rings is 2. The summed E-state index contributed by atoms with van der Waals surface area (Å²) in [6.45, 7) is 7.23. The molecule has 0 aliphatic heterocycles. The molecule has 0 saturated carbocycles. The summed E-state index contributed by atoms with van der Waals surface area (Å²) in [5.41, 5.74) is 12.6. The Morgan fingerprint density at radius 2 is 1.78 bits per heavy atom. The molecule has 4 heteroatoms. The van der Waals surface area contributed by atoms with E-state index in [1.54, 1.807) is 0 Å². The number of hydrogen-bond donors (Lipinski definition) is 1. The maximum absolute atomic E-state index is 5.67. The molecule has 2 aromatic carbocycles. The van der Waals surface area contributed by atoms with Crippen molar-refractivity contribution in [2.75, 3.05) is 0 Å². The van der Waals surface area contributed by atoms with Gasteiger partial charge in [0.2, 0.25) is 0 Å². The summed E-state index contributed by atoms with van der Waals surface area (Å²) < 4.78 is 2.30. The molecule has 0 radical (unpaired) electrons. The number of hydrogen-bond acceptors (Lipinski definition) is 2. The summed E-state index contributed by atoms with van der Waals surface area (Å²) >= 11 is 5.01. The van der Waals surface area contributed by atoms with Gasteiger partial charge in [-0.15, -0.1) is 0 Å². The van der Waals surface area contributed by atoms with Crippen LogP contribution in [0.15, 0.2) is 36.4 Å². The first-order valence-electron chi connectivity index (χ1n) is 7.84. The zero-order chi connectivity index (χ0) is 16.6. The van der Waals surface area contributed by atoms with Crippen LogP contribution in [0.2, 0.25) is 0 Å². The summed E-state index contributed by atoms with van der Waals surface area (Å²) in [7, 11) is 0. The Hall–Kier alpha value is -2.20. The molecule has 3 aromatic rings. The van der Waals surface area contributed by atoms with Gasteiger partial charge in [0.05, 0.1) is 11.0 Å². The number of imidazole rings is 1. The lowest BCUT2D eigenvalue weighted by molar-refractivity contribution is 0.753. The zero-order valence-corrected chi connectivity index (χ0v) is 14.6. The van der Waals surface area contributed by atoms with Crippen LogP contribution in [-0.4, -0.2) is 14.5 Å². The van der Waals surface area contributed by atoms with Crippen molar-refractivity contribution >= 4 is 28.2 Å². The molecule has 2 N–H and O–H groups in total. The Balaban J connectivity index is 2.04. The van der Waals surface area contributed by atoms with E-state index in [2.05, 4.69) is 49.6 Å². The van der Waals surface area contributed by atoms with E-state index in [1.807, 2.05) is 12.1 Å². The van der Waals surface area contributed by atoms with Gasteiger partial charge < -0.3 is 10.3 Å². The normalized spacial score (nSPS) is 11.1. The van der Waals surface area contributed by atoms with Crippen molar-refractivity contribution in [3.05, 3.63) is 64.5 Å². The first-order valence-corrected chi connectivity index (χ1v) is 8.25. The van der Waals surface area contributed by atoms with Crippen LogP contribution < -0.4 is 5.73 Å². The van der Waals surface area contributed by atoms with E-state index in [4.69, 9.17) is 22.9 Å². The first-order chi connectivity index (χ1) is 11.0. The van der Waals surface area contributed by atoms with Gasteiger partial charge in [0.1, 0.15) is 10.8 Å². The molecule has 0 bridgehead atoms. The second kappa shape index (κ2) is 6.13. The standard InChI is InChI=1S/C19H21N3S/c1-4-18-21-16-9-12(2)13(3)10-17(16)22(18)11-14-5-7-15(8-6-14)19(20)23/h5-10H,4,11H2,1-3H3,(H2,20,23). The molecule has 0 unspecified atom stereocenters. The predicted octanol–water partition coefficient (Wildman–Crippen LogP) is 3.90. The Labute approximate surface area is 142 Å². The molecule has 0 saturated heterocycles. The maximum Gasteiger partial charge on any atom is 0.109 e. The van der Waals surface area contributed by atoms with Gasteiger partial charge in [-0.1, -0.05) is 43.4 Å². The van der Waals surface area contributed by atoms with Crippen molar-refractivity contribution < 1.29 is 0 Å². The fourth-order valence-corrected chi connectivity index (χ4v) is 2.97. The lowest BCUT2D eigenvalue weighted by Crippen LogP contribution is -2.09. The van der Waals surface area contributed by atoms with E-state index in [0.717, 1.165) is 29.9 Å². The molecule has 0 fully saturated rings. The molecule has 0 aliphatic rings. The largest absolute Gasteiger partial charge is 0.389 e. The van der Waals surface area contributed by atoms with Gasteiger partial charge in [0.25, 0.3) is 0 Å². The van der Waals surface area contributed by atoms with E-state index < -0.39 is 0 Å². The van der Waals surface area contributed by atoms with Crippen LogP contribution in [0, 0.1) is 13.8 Å². The van der Waals surface area contributed by atoms with Crippen molar-refractivity contribution in [1.82, 2.24) is 9.55 Å². The van der Waals surface area contributed by atoms with Crippen LogP contribution >= 0.6 is 12.2 Å². The number of rotatable bonds is 4. The first kappa shape index (κ1) is 15.7. The van der Waals surface area contributed by atoms with Crippen molar-refractivity contribution in [1.29, 1.82) is 0 Å². The molecule has 1 aromatic heterocycles. The van der Waals surface area contributed by atoms with Crippen LogP contribution in [0.3, 0.4) is 0 Å². The monoisotopic (exact) mass is 323 g/mol. The number of aryl methyl sites for hydroxylation is 3. The third kappa shape index (κ3) is 2.99. The number of nitrogens with two attached hydrogens (primary N) is 1. The summed E-state index contributed by atoms with van der Waals surface area (Å²) in [6, 6.07) is 12.5. The van der Waals surface area contributed by atoms with Crippen LogP contribution in [0.5, 0.6) is 0 Å². The minimum atomic E-state index is 0.435. The van der Waals surface area contributed by atoms with Gasteiger partial charge in [-0.05, 0) is 42.7 Å². The van der Waals surface area contributed by atoms with Crippen LogP contribution in [0.25, 0.3) is 11.0 Å². The van der Waals surface area contributed by atoms with Gasteiger partial charge in [-0.3, -0.25) is 0 Å². The molecular formula is C19H21N3S. The van der Waals surface area contributed by atoms with E-state index in [9.17, 15) is 0 Å². The van der Waals surface area contributed by atoms with Gasteiger partial charge in [0, 0.05) is 18.5 Å². The summed E-state index contributed by atoms with van der Waals surface area (Å²) in [6.07, 6.45) is 0.914. The predicted molar refractivity (Wildman–Crippen MR) is 100 cm³/mol. The van der Waals surface area contributed by atoms with Gasteiger partial charge in [-0.25, -0.2) is 4.98 Å². The van der Waals surface area contributed by atoms with E-state index in [1.165, 1.54) is 22.2 Å². The second-order valence-electron chi connectivity index (χ2n) is 5.95. The van der Waals surface area contributed by atoms with Crippen LogP contribution in [0.1, 0.15) is 35.0 Å². The number of aromatic nitrogens is 2. The molecule has 0 spiro atoms. The minimum Gasteiger partial charge on any atom is -0.389 e. The quantitative estimate of drug-likeness (QED) is 0.741. The summed E-state index contributed by atoms with van der Waals surface area (Å²) in [5.74, 6) is 1.11. The van der Waals surface area contributed by atoms with Crippen molar-refractivity contribution in [3.8, 4) is 0 Å². The Kier molecular flexibility index (Phi) is 4.18. The highest BCUT2D eigenvalue weighted by Gasteiger charge is 2.11. The summed E-state index contributed by atoms with van der Waals surface area (Å²) in [4.78, 5) is 5.23. The highest BCUT2D eigenvalue weighted by Crippen LogP contribution is 2.22. The highest BCUT2D eigenvalue weighted by molar-refractivity contribution is 7.80. The molecular weight excluding hydrogens is 302 g/mol. The Bertz CT molecular complexity index is 876. The number of fused-ring (bicyclic) bond motifs is 1. The fraction of sp³-hybridized carbons (Fsp3) is 0.263. The topological polar surface area (TPSA) is 43.8 Å². The van der Waals surface area contributed by atoms with Crippen molar-refractivity contribution in [2.45, 2.75) is 33.7 Å². The van der Waals surface area contributed by atoms with Crippen molar-refractivity contribution in [3.63, 3.8) is 0 Å². The average molecular weight is 323 g/mol. The smallest absolute Gasteiger partial charge is 0.109 e. The molecule has 118 valence electrons. The maximum atomic E-state index is 5.67. The molecule has 1 heterocycles. The zero-order valence-electron chi connectivity index (χ0n) is 13.8. The van der Waals surface area contributed by atoms with Gasteiger partial charge >= 0.3 is 0 Å². The van der Waals surface area contributed by atoms with E-state index in [-0.39, 0.29) is 0 Å².